The van der Waals surface area contributed by atoms with Crippen LogP contribution in [0, 0.1) is 6.92 Å². The van der Waals surface area contributed by atoms with Crippen molar-refractivity contribution in [3.05, 3.63) is 72.9 Å². The first-order valence-electron chi connectivity index (χ1n) is 10.4. The highest BCUT2D eigenvalue weighted by molar-refractivity contribution is 5.95. The fraction of sp³-hybridized carbons (Fsp3) is 0.167. The second-order valence-corrected chi connectivity index (χ2v) is 7.38. The Balaban J connectivity index is 1.40. The maximum absolute atomic E-state index is 6.07. The molecule has 9 nitrogen and oxygen atoms in total. The summed E-state index contributed by atoms with van der Waals surface area (Å²) in [5.74, 6) is 2.81. The van der Waals surface area contributed by atoms with Gasteiger partial charge in [-0.15, -0.1) is 10.2 Å². The Morgan fingerprint density at radius 3 is 2.82 bits per heavy atom. The van der Waals surface area contributed by atoms with Crippen LogP contribution in [-0.4, -0.2) is 44.9 Å². The summed E-state index contributed by atoms with van der Waals surface area (Å²) in [7, 11) is 1.64. The molecule has 0 saturated carbocycles. The molecule has 0 aliphatic rings. The van der Waals surface area contributed by atoms with E-state index in [4.69, 9.17) is 14.2 Å². The zero-order chi connectivity index (χ0) is 22.6. The minimum Gasteiger partial charge on any atom is -0.490 e. The van der Waals surface area contributed by atoms with Crippen molar-refractivity contribution in [1.29, 1.82) is 0 Å². The largest absolute Gasteiger partial charge is 0.490 e. The maximum atomic E-state index is 6.07. The average Bonchev–Trinajstić information content (AvgIpc) is 3.29. The normalized spacial score (nSPS) is 11.1. The van der Waals surface area contributed by atoms with Crippen molar-refractivity contribution in [3.8, 4) is 17.2 Å². The number of rotatable bonds is 8. The number of benzene rings is 2. The number of nitrogens with one attached hydrogen (secondary N) is 1. The van der Waals surface area contributed by atoms with Gasteiger partial charge in [0, 0.05) is 25.1 Å². The van der Waals surface area contributed by atoms with Gasteiger partial charge in [0.2, 0.25) is 0 Å². The van der Waals surface area contributed by atoms with Gasteiger partial charge in [-0.1, -0.05) is 6.07 Å². The molecular formula is C24H22N6O3. The van der Waals surface area contributed by atoms with Gasteiger partial charge >= 0.3 is 0 Å². The maximum Gasteiger partial charge on any atom is 0.164 e. The molecule has 0 aliphatic heterocycles. The zero-order valence-corrected chi connectivity index (χ0v) is 18.2. The SMILES string of the molecule is COCCOc1cccc2ncnc(Nc3ccc(Oc4ccn5cnnc5c4)c(C)c3)c12. The second kappa shape index (κ2) is 9.09. The third-order valence-corrected chi connectivity index (χ3v) is 5.11. The van der Waals surface area contributed by atoms with Crippen LogP contribution in [0.15, 0.2) is 67.4 Å². The fourth-order valence-electron chi connectivity index (χ4n) is 3.50. The van der Waals surface area contributed by atoms with Gasteiger partial charge in [-0.25, -0.2) is 9.97 Å². The van der Waals surface area contributed by atoms with Gasteiger partial charge in [-0.3, -0.25) is 4.40 Å². The van der Waals surface area contributed by atoms with Crippen LogP contribution in [0.2, 0.25) is 0 Å². The van der Waals surface area contributed by atoms with Crippen molar-refractivity contribution in [1.82, 2.24) is 24.6 Å². The van der Waals surface area contributed by atoms with Gasteiger partial charge in [-0.05, 0) is 48.9 Å². The number of fused-ring (bicyclic) bond motifs is 2. The molecule has 0 fully saturated rings. The van der Waals surface area contributed by atoms with E-state index in [9.17, 15) is 0 Å². The highest BCUT2D eigenvalue weighted by Gasteiger charge is 2.12. The predicted octanol–water partition coefficient (Wildman–Crippen LogP) is 4.54. The van der Waals surface area contributed by atoms with E-state index in [0.29, 0.717) is 30.5 Å². The average molecular weight is 442 g/mol. The molecule has 5 rings (SSSR count). The first kappa shape index (κ1) is 20.7. The molecule has 9 heteroatoms. The molecular weight excluding hydrogens is 420 g/mol. The summed E-state index contributed by atoms with van der Waals surface area (Å²) in [6, 6.07) is 15.3. The first-order valence-corrected chi connectivity index (χ1v) is 10.4. The van der Waals surface area contributed by atoms with Crippen LogP contribution in [0.4, 0.5) is 11.5 Å². The Bertz CT molecular complexity index is 1410. The van der Waals surface area contributed by atoms with Gasteiger partial charge in [0.25, 0.3) is 0 Å². The van der Waals surface area contributed by atoms with Crippen molar-refractivity contribution in [2.24, 2.45) is 0 Å². The van der Waals surface area contributed by atoms with Gasteiger partial charge in [0.05, 0.1) is 17.5 Å². The van der Waals surface area contributed by atoms with E-state index < -0.39 is 0 Å². The first-order chi connectivity index (χ1) is 16.2. The fourth-order valence-corrected chi connectivity index (χ4v) is 3.50. The highest BCUT2D eigenvalue weighted by Crippen LogP contribution is 2.33. The lowest BCUT2D eigenvalue weighted by Crippen LogP contribution is -2.05. The van der Waals surface area contributed by atoms with E-state index >= 15 is 0 Å². The van der Waals surface area contributed by atoms with Crippen molar-refractivity contribution in [2.45, 2.75) is 6.92 Å². The lowest BCUT2D eigenvalue weighted by Gasteiger charge is -2.14. The Morgan fingerprint density at radius 1 is 1.00 bits per heavy atom. The van der Waals surface area contributed by atoms with Gasteiger partial charge in [0.15, 0.2) is 5.65 Å². The number of aryl methyl sites for hydroxylation is 1. The van der Waals surface area contributed by atoms with Crippen LogP contribution < -0.4 is 14.8 Å². The molecule has 0 spiro atoms. The number of ether oxygens (including phenoxy) is 3. The van der Waals surface area contributed by atoms with E-state index in [1.165, 1.54) is 6.33 Å². The standard InChI is InChI=1S/C24H22N6O3/c1-16-12-17(6-7-20(16)33-18-8-9-30-15-27-29-22(30)13-18)28-24-23-19(25-14-26-24)4-3-5-21(23)32-11-10-31-2/h3-9,12-15H,10-11H2,1-2H3,(H,25,26,28). The molecule has 0 bridgehead atoms. The molecule has 1 N–H and O–H groups in total. The van der Waals surface area contributed by atoms with Gasteiger partial charge in [0.1, 0.15) is 42.3 Å². The van der Waals surface area contributed by atoms with Crippen molar-refractivity contribution in [3.63, 3.8) is 0 Å². The molecule has 0 amide bonds. The van der Waals surface area contributed by atoms with Crippen LogP contribution in [0.25, 0.3) is 16.6 Å². The topological polar surface area (TPSA) is 95.7 Å². The van der Waals surface area contributed by atoms with Gasteiger partial charge in [-0.2, -0.15) is 0 Å². The second-order valence-electron chi connectivity index (χ2n) is 7.38. The summed E-state index contributed by atoms with van der Waals surface area (Å²) < 4.78 is 18.9. The number of aromatic nitrogens is 5. The third-order valence-electron chi connectivity index (χ3n) is 5.11. The number of hydrogen-bond donors (Lipinski definition) is 1. The number of hydrogen-bond acceptors (Lipinski definition) is 8. The van der Waals surface area contributed by atoms with Crippen molar-refractivity contribution in [2.75, 3.05) is 25.6 Å². The van der Waals surface area contributed by atoms with Gasteiger partial charge < -0.3 is 19.5 Å². The van der Waals surface area contributed by atoms with Crippen molar-refractivity contribution >= 4 is 28.1 Å². The Morgan fingerprint density at radius 2 is 1.94 bits per heavy atom. The molecule has 3 aromatic heterocycles. The van der Waals surface area contributed by atoms with E-state index in [1.54, 1.807) is 13.4 Å². The van der Waals surface area contributed by atoms with E-state index in [-0.39, 0.29) is 0 Å². The Kier molecular flexibility index (Phi) is 5.69. The summed E-state index contributed by atoms with van der Waals surface area (Å²) in [5, 5.41) is 12.2. The molecule has 3 heterocycles. The quantitative estimate of drug-likeness (QED) is 0.350. The predicted molar refractivity (Wildman–Crippen MR) is 124 cm³/mol. The minimum absolute atomic E-state index is 0.440. The summed E-state index contributed by atoms with van der Waals surface area (Å²) in [6.45, 7) is 2.93. The molecule has 0 radical (unpaired) electrons. The van der Waals surface area contributed by atoms with Crippen LogP contribution in [0.3, 0.4) is 0 Å². The van der Waals surface area contributed by atoms with E-state index in [1.807, 2.05) is 66.1 Å². The monoisotopic (exact) mass is 442 g/mol. The lowest BCUT2D eigenvalue weighted by molar-refractivity contribution is 0.147. The van der Waals surface area contributed by atoms with Crippen LogP contribution >= 0.6 is 0 Å². The number of nitrogens with zero attached hydrogens (tertiary/aromatic N) is 5. The number of methoxy groups -OCH3 is 1. The summed E-state index contributed by atoms with van der Waals surface area (Å²) in [5.41, 5.74) is 3.36. The number of pyridine rings is 1. The van der Waals surface area contributed by atoms with Crippen LogP contribution in [-0.2, 0) is 4.74 Å². The molecule has 0 saturated heterocycles. The minimum atomic E-state index is 0.440. The summed E-state index contributed by atoms with van der Waals surface area (Å²) in [6.07, 6.45) is 5.05. The number of anilines is 2. The Hall–Kier alpha value is -4.24. The lowest BCUT2D eigenvalue weighted by atomic mass is 10.1. The molecule has 0 aliphatic carbocycles. The third kappa shape index (κ3) is 4.39. The molecule has 33 heavy (non-hydrogen) atoms. The van der Waals surface area contributed by atoms with Crippen molar-refractivity contribution < 1.29 is 14.2 Å². The summed E-state index contributed by atoms with van der Waals surface area (Å²) in [4.78, 5) is 8.83. The van der Waals surface area contributed by atoms with Crippen LogP contribution in [0.1, 0.15) is 5.56 Å². The molecule has 0 atom stereocenters. The molecule has 2 aromatic carbocycles. The molecule has 0 unspecified atom stereocenters. The molecule has 166 valence electrons. The Labute approximate surface area is 190 Å². The smallest absolute Gasteiger partial charge is 0.164 e. The summed E-state index contributed by atoms with van der Waals surface area (Å²) >= 11 is 0. The highest BCUT2D eigenvalue weighted by atomic mass is 16.5. The molecule has 5 aromatic rings. The van der Waals surface area contributed by atoms with Crippen LogP contribution in [0.5, 0.6) is 17.2 Å². The van der Waals surface area contributed by atoms with E-state index in [0.717, 1.165) is 33.6 Å². The van der Waals surface area contributed by atoms with E-state index in [2.05, 4.69) is 25.5 Å². The zero-order valence-electron chi connectivity index (χ0n) is 18.2.